The van der Waals surface area contributed by atoms with Gasteiger partial charge in [0.1, 0.15) is 6.07 Å². The van der Waals surface area contributed by atoms with Crippen LogP contribution in [0, 0.1) is 28.1 Å². The van der Waals surface area contributed by atoms with E-state index >= 15 is 0 Å². The van der Waals surface area contributed by atoms with Crippen LogP contribution in [0.2, 0.25) is 0 Å². The molecule has 0 saturated heterocycles. The van der Waals surface area contributed by atoms with Crippen molar-refractivity contribution in [3.8, 4) is 12.1 Å². The molecule has 1 saturated carbocycles. The van der Waals surface area contributed by atoms with E-state index in [2.05, 4.69) is 44.9 Å². The molecule has 118 valence electrons. The lowest BCUT2D eigenvalue weighted by Gasteiger charge is -2.43. The van der Waals surface area contributed by atoms with Crippen molar-refractivity contribution >= 4 is 0 Å². The lowest BCUT2D eigenvalue weighted by Crippen LogP contribution is -2.39. The van der Waals surface area contributed by atoms with Crippen LogP contribution >= 0.6 is 0 Å². The molecule has 0 unspecified atom stereocenters. The molecule has 0 spiro atoms. The van der Waals surface area contributed by atoms with Gasteiger partial charge < -0.3 is 4.90 Å². The summed E-state index contributed by atoms with van der Waals surface area (Å²) < 4.78 is 0. The lowest BCUT2D eigenvalue weighted by molar-refractivity contribution is 0.174. The van der Waals surface area contributed by atoms with E-state index in [0.717, 1.165) is 48.1 Å². The number of nitrogens with zero attached hydrogens (tertiary/aromatic N) is 3. The van der Waals surface area contributed by atoms with Crippen LogP contribution < -0.4 is 0 Å². The first kappa shape index (κ1) is 16.6. The fourth-order valence-corrected chi connectivity index (χ4v) is 3.55. The van der Waals surface area contributed by atoms with Crippen molar-refractivity contribution in [3.63, 3.8) is 0 Å². The van der Waals surface area contributed by atoms with Gasteiger partial charge in [0.25, 0.3) is 0 Å². The zero-order valence-electron chi connectivity index (χ0n) is 14.4. The molecular weight excluding hydrogens is 270 g/mol. The summed E-state index contributed by atoms with van der Waals surface area (Å²) in [4.78, 5) is 2.32. The summed E-state index contributed by atoms with van der Waals surface area (Å²) in [6, 6.07) is 5.37. The summed E-state index contributed by atoms with van der Waals surface area (Å²) >= 11 is 0. The van der Waals surface area contributed by atoms with Crippen LogP contribution in [-0.4, -0.2) is 18.0 Å². The molecule has 2 rings (SSSR count). The van der Waals surface area contributed by atoms with E-state index in [9.17, 15) is 10.5 Å². The van der Waals surface area contributed by atoms with Gasteiger partial charge in [-0.2, -0.15) is 10.5 Å². The third-order valence-electron chi connectivity index (χ3n) is 5.05. The number of hydrogen-bond acceptors (Lipinski definition) is 3. The van der Waals surface area contributed by atoms with Crippen molar-refractivity contribution in [2.75, 3.05) is 7.05 Å². The summed E-state index contributed by atoms with van der Waals surface area (Å²) in [7, 11) is 2.13. The monoisotopic (exact) mass is 297 g/mol. The molecule has 3 heteroatoms. The van der Waals surface area contributed by atoms with Crippen molar-refractivity contribution < 1.29 is 0 Å². The fourth-order valence-electron chi connectivity index (χ4n) is 3.55. The van der Waals surface area contributed by atoms with Crippen molar-refractivity contribution in [3.05, 3.63) is 22.4 Å². The Balaban J connectivity index is 2.52. The lowest BCUT2D eigenvalue weighted by atomic mass is 9.71. The standard InChI is InChI=1S/C19H27N3/c1-5-7-14(12-20)16-10-19(2,3)11-18(17(16)13-21)22(4)15-8-6-9-15/h15H,5-11H2,1-4H3/b16-14-. The molecule has 2 aliphatic carbocycles. The Bertz CT molecular complexity index is 577. The largest absolute Gasteiger partial charge is 0.374 e. The second kappa shape index (κ2) is 6.57. The second-order valence-electron chi connectivity index (χ2n) is 7.47. The second-order valence-corrected chi connectivity index (χ2v) is 7.47. The van der Waals surface area contributed by atoms with Crippen LogP contribution in [0.4, 0.5) is 0 Å². The molecule has 0 aromatic carbocycles. The van der Waals surface area contributed by atoms with Crippen molar-refractivity contribution in [2.24, 2.45) is 5.41 Å². The highest BCUT2D eigenvalue weighted by Gasteiger charge is 2.36. The van der Waals surface area contributed by atoms with E-state index in [1.807, 2.05) is 0 Å². The Morgan fingerprint density at radius 2 is 1.95 bits per heavy atom. The van der Waals surface area contributed by atoms with E-state index in [4.69, 9.17) is 0 Å². The van der Waals surface area contributed by atoms with E-state index < -0.39 is 0 Å². The molecule has 22 heavy (non-hydrogen) atoms. The Hall–Kier alpha value is -1.74. The minimum Gasteiger partial charge on any atom is -0.374 e. The molecular formula is C19H27N3. The van der Waals surface area contributed by atoms with Crippen LogP contribution in [0.5, 0.6) is 0 Å². The van der Waals surface area contributed by atoms with Gasteiger partial charge in [-0.3, -0.25) is 0 Å². The quantitative estimate of drug-likeness (QED) is 0.707. The summed E-state index contributed by atoms with van der Waals surface area (Å²) in [6.45, 7) is 6.58. The minimum atomic E-state index is 0.110. The first-order chi connectivity index (χ1) is 10.4. The molecule has 0 aliphatic heterocycles. The Morgan fingerprint density at radius 1 is 1.27 bits per heavy atom. The van der Waals surface area contributed by atoms with Gasteiger partial charge >= 0.3 is 0 Å². The molecule has 0 aromatic rings. The summed E-state index contributed by atoms with van der Waals surface area (Å²) in [6.07, 6.45) is 7.21. The average Bonchev–Trinajstić information content (AvgIpc) is 2.41. The molecule has 0 radical (unpaired) electrons. The van der Waals surface area contributed by atoms with E-state index in [1.165, 1.54) is 19.3 Å². The van der Waals surface area contributed by atoms with Gasteiger partial charge in [-0.25, -0.2) is 0 Å². The van der Waals surface area contributed by atoms with Crippen LogP contribution in [0.1, 0.15) is 65.7 Å². The number of nitriles is 2. The van der Waals surface area contributed by atoms with Gasteiger partial charge in [0.05, 0.1) is 11.6 Å². The van der Waals surface area contributed by atoms with Crippen molar-refractivity contribution in [1.29, 1.82) is 10.5 Å². The summed E-state index contributed by atoms with van der Waals surface area (Å²) in [5.74, 6) is 0. The highest BCUT2D eigenvalue weighted by atomic mass is 15.2. The molecule has 0 amide bonds. The fraction of sp³-hybridized carbons (Fsp3) is 0.684. The van der Waals surface area contributed by atoms with Gasteiger partial charge in [-0.1, -0.05) is 27.2 Å². The number of rotatable bonds is 4. The van der Waals surface area contributed by atoms with Crippen LogP contribution in [0.25, 0.3) is 0 Å². The summed E-state index contributed by atoms with van der Waals surface area (Å²) in [5, 5.41) is 19.3. The SMILES string of the molecule is CCC/C(C#N)=C1\CC(C)(C)CC(N(C)C2CCC2)=C1C#N. The van der Waals surface area contributed by atoms with Crippen molar-refractivity contribution in [2.45, 2.75) is 71.8 Å². The smallest absolute Gasteiger partial charge is 0.101 e. The predicted molar refractivity (Wildman–Crippen MR) is 88.6 cm³/mol. The van der Waals surface area contributed by atoms with Crippen LogP contribution in [-0.2, 0) is 0 Å². The maximum Gasteiger partial charge on any atom is 0.101 e. The first-order valence-electron chi connectivity index (χ1n) is 8.42. The zero-order chi connectivity index (χ0) is 16.3. The number of hydrogen-bond donors (Lipinski definition) is 0. The Labute approximate surface area is 134 Å². The minimum absolute atomic E-state index is 0.110. The molecule has 2 aliphatic rings. The molecule has 0 N–H and O–H groups in total. The maximum absolute atomic E-state index is 9.76. The zero-order valence-corrected chi connectivity index (χ0v) is 14.4. The van der Waals surface area contributed by atoms with Crippen molar-refractivity contribution in [1.82, 2.24) is 4.90 Å². The molecule has 0 heterocycles. The van der Waals surface area contributed by atoms with E-state index in [0.29, 0.717) is 6.04 Å². The Morgan fingerprint density at radius 3 is 2.41 bits per heavy atom. The molecule has 1 fully saturated rings. The highest BCUT2D eigenvalue weighted by Crippen LogP contribution is 2.45. The Kier molecular flexibility index (Phi) is 4.97. The topological polar surface area (TPSA) is 50.8 Å². The molecule has 0 atom stereocenters. The summed E-state index contributed by atoms with van der Waals surface area (Å²) in [5.41, 5.74) is 3.86. The van der Waals surface area contributed by atoms with Gasteiger partial charge in [0.15, 0.2) is 0 Å². The number of allylic oxidation sites excluding steroid dienone is 4. The van der Waals surface area contributed by atoms with E-state index in [1.54, 1.807) is 0 Å². The van der Waals surface area contributed by atoms with Crippen LogP contribution in [0.3, 0.4) is 0 Å². The van der Waals surface area contributed by atoms with Gasteiger partial charge in [0, 0.05) is 24.4 Å². The first-order valence-corrected chi connectivity index (χ1v) is 8.42. The van der Waals surface area contributed by atoms with Gasteiger partial charge in [-0.15, -0.1) is 0 Å². The van der Waals surface area contributed by atoms with E-state index in [-0.39, 0.29) is 5.41 Å². The maximum atomic E-state index is 9.76. The average molecular weight is 297 g/mol. The third-order valence-corrected chi connectivity index (χ3v) is 5.05. The van der Waals surface area contributed by atoms with Gasteiger partial charge in [0.2, 0.25) is 0 Å². The highest BCUT2D eigenvalue weighted by molar-refractivity contribution is 5.53. The molecule has 3 nitrogen and oxygen atoms in total. The predicted octanol–water partition coefficient (Wildman–Crippen LogP) is 4.69. The van der Waals surface area contributed by atoms with Crippen LogP contribution in [0.15, 0.2) is 22.4 Å². The third kappa shape index (κ3) is 3.20. The molecule has 0 bridgehead atoms. The molecule has 0 aromatic heterocycles. The van der Waals surface area contributed by atoms with Gasteiger partial charge in [-0.05, 0) is 49.5 Å². The normalized spacial score (nSPS) is 23.4.